The number of unbranched alkanes of at least 4 members (excludes halogenated alkanes) is 2. The molecule has 8 rings (SSSR count). The number of hydrogen-bond acceptors (Lipinski definition) is 15. The first kappa shape index (κ1) is 45.2. The zero-order valence-corrected chi connectivity index (χ0v) is 36.8. The highest BCUT2D eigenvalue weighted by Gasteiger charge is 2.70. The molecule has 0 spiro atoms. The van der Waals surface area contributed by atoms with Crippen molar-refractivity contribution < 1.29 is 54.1 Å². The first-order chi connectivity index (χ1) is 29.5. The summed E-state index contributed by atoms with van der Waals surface area (Å²) < 4.78 is 19.2. The number of nitrogens with one attached hydrogen (secondary N) is 1. The zero-order valence-electron chi connectivity index (χ0n) is 36.0. The van der Waals surface area contributed by atoms with Crippen molar-refractivity contribution in [1.29, 1.82) is 0 Å². The lowest BCUT2D eigenvalue weighted by Crippen LogP contribution is -2.67. The van der Waals surface area contributed by atoms with Crippen LogP contribution in [0.1, 0.15) is 104 Å². The third-order valence-electron chi connectivity index (χ3n) is 16.3. The largest absolute Gasteiger partial charge is 0.548 e. The van der Waals surface area contributed by atoms with Gasteiger partial charge in [-0.15, -0.1) is 0 Å². The Morgan fingerprint density at radius 2 is 1.87 bits per heavy atom. The molecule has 2 aromatic heterocycles. The van der Waals surface area contributed by atoms with Crippen molar-refractivity contribution in [3.63, 3.8) is 0 Å². The number of carbonyl (C=O) groups is 3. The molecule has 0 bridgehead atoms. The molecule has 2 aromatic rings. The fourth-order valence-electron chi connectivity index (χ4n) is 12.7. The molecule has 18 heteroatoms. The summed E-state index contributed by atoms with van der Waals surface area (Å²) in [6, 6.07) is -1.15. The number of ether oxygens (including phenoxy) is 3. The maximum atomic E-state index is 12.8. The number of aromatic nitrogens is 4. The smallest absolute Gasteiger partial charge is 0.331 e. The lowest BCUT2D eigenvalue weighted by Gasteiger charge is -2.65. The SMILES string of the molecule is C[S+](CC[C@H](NC(=O)CCCCCO[C@@H]1CC[C@@]2(C)[C@H](CCC3[C@@H]2C[C@@H](O)[C@]2(C)[C@@H](C4=CC(=O)OC4)CC[C@]32O)C1)C(=O)[O-])C[C@H]1O[C@@H](n2cnc3c(N)ncnc32)[C@H](O)[C@@H]1O. The van der Waals surface area contributed by atoms with Gasteiger partial charge in [0, 0.05) is 30.9 Å². The van der Waals surface area contributed by atoms with E-state index in [9.17, 15) is 39.9 Å². The number of aliphatic hydroxyl groups is 4. The molecule has 4 saturated carbocycles. The van der Waals surface area contributed by atoms with Crippen molar-refractivity contribution in [2.75, 3.05) is 36.7 Å². The van der Waals surface area contributed by atoms with E-state index in [4.69, 9.17) is 19.9 Å². The summed E-state index contributed by atoms with van der Waals surface area (Å²) in [6.07, 6.45) is 10.9. The Labute approximate surface area is 364 Å². The van der Waals surface area contributed by atoms with E-state index in [0.29, 0.717) is 54.5 Å². The van der Waals surface area contributed by atoms with Crippen LogP contribution in [-0.4, -0.2) is 131 Å². The van der Waals surface area contributed by atoms with Crippen molar-refractivity contribution in [2.24, 2.45) is 34.5 Å². The molecule has 2 aliphatic heterocycles. The maximum absolute atomic E-state index is 12.8. The van der Waals surface area contributed by atoms with Crippen LogP contribution in [0, 0.1) is 34.5 Å². The van der Waals surface area contributed by atoms with Gasteiger partial charge in [0.25, 0.3) is 0 Å². The number of esters is 1. The highest BCUT2D eigenvalue weighted by molar-refractivity contribution is 7.96. The number of carboxylic acid groups (broad SMARTS) is 1. The van der Waals surface area contributed by atoms with Gasteiger partial charge in [-0.3, -0.25) is 9.36 Å². The Bertz CT molecular complexity index is 2020. The quantitative estimate of drug-likeness (QED) is 0.0783. The molecule has 17 nitrogen and oxygen atoms in total. The summed E-state index contributed by atoms with van der Waals surface area (Å²) in [5.41, 5.74) is 5.81. The van der Waals surface area contributed by atoms with Gasteiger partial charge in [-0.05, 0) is 110 Å². The number of cyclic esters (lactones) is 1. The van der Waals surface area contributed by atoms with Gasteiger partial charge in [-0.2, -0.15) is 0 Å². The van der Waals surface area contributed by atoms with E-state index in [1.165, 1.54) is 17.2 Å². The molecule has 4 heterocycles. The predicted molar refractivity (Wildman–Crippen MR) is 226 cm³/mol. The van der Waals surface area contributed by atoms with Crippen molar-refractivity contribution in [3.05, 3.63) is 24.3 Å². The van der Waals surface area contributed by atoms with Crippen LogP contribution in [-0.2, 0) is 39.5 Å². The van der Waals surface area contributed by atoms with Crippen molar-refractivity contribution in [1.82, 2.24) is 24.8 Å². The summed E-state index contributed by atoms with van der Waals surface area (Å²) in [5, 5.41) is 60.6. The summed E-state index contributed by atoms with van der Waals surface area (Å²) in [6.45, 7) is 5.25. The van der Waals surface area contributed by atoms with Crippen LogP contribution in [0.15, 0.2) is 24.3 Å². The number of nitrogens with zero attached hydrogens (tertiary/aromatic N) is 4. The number of fused-ring (bicyclic) bond motifs is 6. The average molecular weight is 885 g/mol. The first-order valence-corrected chi connectivity index (χ1v) is 24.5. The number of nitrogens with two attached hydrogens (primary N) is 1. The lowest BCUT2D eigenvalue weighted by molar-refractivity contribution is -0.308. The number of hydrogen-bond donors (Lipinski definition) is 6. The van der Waals surface area contributed by atoms with E-state index in [0.717, 1.165) is 56.9 Å². The Morgan fingerprint density at radius 3 is 2.63 bits per heavy atom. The molecule has 6 aliphatic rings. The van der Waals surface area contributed by atoms with Crippen molar-refractivity contribution in [2.45, 2.75) is 146 Å². The number of anilines is 1. The van der Waals surface area contributed by atoms with Gasteiger partial charge < -0.3 is 55.6 Å². The second kappa shape index (κ2) is 17.9. The number of carbonyl (C=O) groups excluding carboxylic acids is 3. The number of rotatable bonds is 16. The van der Waals surface area contributed by atoms with E-state index in [2.05, 4.69) is 27.2 Å². The highest BCUT2D eigenvalue weighted by atomic mass is 32.2. The summed E-state index contributed by atoms with van der Waals surface area (Å²) >= 11 is 0. The Kier molecular flexibility index (Phi) is 13.0. The molecule has 62 heavy (non-hydrogen) atoms. The fourth-order valence-corrected chi connectivity index (χ4v) is 14.3. The number of imidazole rings is 1. The number of aliphatic carboxylic acids is 1. The predicted octanol–water partition coefficient (Wildman–Crippen LogP) is 1.07. The van der Waals surface area contributed by atoms with E-state index >= 15 is 0 Å². The molecule has 5 fully saturated rings. The van der Waals surface area contributed by atoms with Gasteiger partial charge >= 0.3 is 5.97 Å². The molecule has 1 amide bonds. The molecule has 2 unspecified atom stereocenters. The Balaban J connectivity index is 0.734. The van der Waals surface area contributed by atoms with Gasteiger partial charge in [-0.25, -0.2) is 19.7 Å². The fraction of sp³-hybridized carbons (Fsp3) is 0.773. The third kappa shape index (κ3) is 8.14. The third-order valence-corrected chi connectivity index (χ3v) is 18.1. The molecular formula is C44H64N6O11S. The summed E-state index contributed by atoms with van der Waals surface area (Å²) in [5.74, 6) is -0.351. The van der Waals surface area contributed by atoms with Gasteiger partial charge in [0.1, 0.15) is 48.3 Å². The summed E-state index contributed by atoms with van der Waals surface area (Å²) in [4.78, 5) is 49.0. The van der Waals surface area contributed by atoms with E-state index < -0.39 is 64.6 Å². The zero-order chi connectivity index (χ0) is 44.1. The highest BCUT2D eigenvalue weighted by Crippen LogP contribution is 2.70. The van der Waals surface area contributed by atoms with Crippen LogP contribution in [0.25, 0.3) is 11.2 Å². The summed E-state index contributed by atoms with van der Waals surface area (Å²) in [7, 11) is -0.424. The monoisotopic (exact) mass is 884 g/mol. The van der Waals surface area contributed by atoms with Crippen LogP contribution in [0.4, 0.5) is 5.82 Å². The molecule has 342 valence electrons. The van der Waals surface area contributed by atoms with Gasteiger partial charge in [0.05, 0.1) is 42.4 Å². The number of aliphatic hydroxyl groups excluding tert-OH is 3. The first-order valence-electron chi connectivity index (χ1n) is 22.5. The topological polar surface area (TPSA) is 265 Å². The average Bonchev–Trinajstić information content (AvgIpc) is 4.00. The molecular weight excluding hydrogens is 821 g/mol. The van der Waals surface area contributed by atoms with Crippen LogP contribution in [0.5, 0.6) is 0 Å². The van der Waals surface area contributed by atoms with Crippen LogP contribution < -0.4 is 16.2 Å². The Morgan fingerprint density at radius 1 is 1.06 bits per heavy atom. The molecule has 0 radical (unpaired) electrons. The number of carboxylic acids is 1. The van der Waals surface area contributed by atoms with E-state index in [-0.39, 0.29) is 66.4 Å². The number of nitrogen functional groups attached to an aromatic ring is 1. The van der Waals surface area contributed by atoms with Crippen LogP contribution in [0.3, 0.4) is 0 Å². The van der Waals surface area contributed by atoms with Crippen LogP contribution in [0.2, 0.25) is 0 Å². The Hall–Kier alpha value is -3.39. The van der Waals surface area contributed by atoms with Gasteiger partial charge in [0.2, 0.25) is 5.91 Å². The van der Waals surface area contributed by atoms with E-state index in [1.807, 2.05) is 13.2 Å². The van der Waals surface area contributed by atoms with Crippen LogP contribution >= 0.6 is 0 Å². The standard InChI is InChI=1S/C44H64N6O11S/c1-42-13-10-26(18-25(42)8-9-28-29(42)19-32(51)43(2)27(11-14-44(28,43)58)24-17-34(53)60-20-24)59-15-6-4-5-7-33(52)49-30(41(56)57)12-16-62(3)21-31-36(54)37(55)40(61-31)50-23-48-35-38(45)46-22-47-39(35)50/h17,22-23,25-32,36-37,40,51,54-55,58H,4-16,18-21H2,1-3H3,(H3-,45,46,47,49,52,56,57)/t25-,26-,27-,28?,29+,30+,31-,32-,36-,37-,40-,42+,43+,44+,62?/m1/s1. The normalized spacial score (nSPS) is 38.8. The number of amides is 1. The second-order valence-corrected chi connectivity index (χ2v) is 21.8. The van der Waals surface area contributed by atoms with Crippen molar-refractivity contribution >= 4 is 45.7 Å². The minimum atomic E-state index is -1.35. The maximum Gasteiger partial charge on any atom is 0.331 e. The minimum absolute atomic E-state index is 0.00369. The molecule has 1 saturated heterocycles. The van der Waals surface area contributed by atoms with Gasteiger partial charge in [-0.1, -0.05) is 20.3 Å². The minimum Gasteiger partial charge on any atom is -0.548 e. The van der Waals surface area contributed by atoms with E-state index in [1.54, 1.807) is 6.08 Å². The van der Waals surface area contributed by atoms with Gasteiger partial charge in [0.15, 0.2) is 17.7 Å². The molecule has 7 N–H and O–H groups in total. The molecule has 4 aliphatic carbocycles. The van der Waals surface area contributed by atoms with Crippen molar-refractivity contribution in [3.8, 4) is 0 Å². The second-order valence-electron chi connectivity index (χ2n) is 19.5. The molecule has 15 atom stereocenters. The molecule has 0 aromatic carbocycles. The lowest BCUT2D eigenvalue weighted by atomic mass is 9.42.